The van der Waals surface area contributed by atoms with E-state index >= 15 is 0 Å². The molecule has 3 rings (SSSR count). The maximum Gasteiger partial charge on any atom is 0.315 e. The predicted molar refractivity (Wildman–Crippen MR) is 152 cm³/mol. The van der Waals surface area contributed by atoms with E-state index in [4.69, 9.17) is 4.74 Å². The Bertz CT molecular complexity index is 1110. The smallest absolute Gasteiger partial charge is 0.315 e. The van der Waals surface area contributed by atoms with Crippen molar-refractivity contribution in [1.29, 1.82) is 0 Å². The number of Topliss-reactive ketones (excluding diaryl/α,β-unsaturated/α-hetero) is 1. The lowest BCUT2D eigenvalue weighted by atomic mass is 9.59. The molecule has 0 saturated carbocycles. The van der Waals surface area contributed by atoms with Gasteiger partial charge in [-0.05, 0) is 60.9 Å². The van der Waals surface area contributed by atoms with Gasteiger partial charge in [0.05, 0.1) is 12.0 Å². The predicted octanol–water partition coefficient (Wildman–Crippen LogP) is 6.28. The van der Waals surface area contributed by atoms with Crippen molar-refractivity contribution >= 4 is 17.7 Å². The highest BCUT2D eigenvalue weighted by Crippen LogP contribution is 2.54. The highest BCUT2D eigenvalue weighted by Gasteiger charge is 2.56. The van der Waals surface area contributed by atoms with Crippen LogP contribution in [0.15, 0.2) is 47.7 Å². The van der Waals surface area contributed by atoms with Crippen molar-refractivity contribution in [2.24, 2.45) is 16.2 Å². The monoisotopic (exact) mass is 539 g/mol. The fraction of sp³-hybridized carbons (Fsp3) is 0.594. The molecular formula is C32H45NO6. The normalized spacial score (nSPS) is 22.6. The van der Waals surface area contributed by atoms with E-state index in [9.17, 15) is 24.6 Å². The second kappa shape index (κ2) is 12.4. The van der Waals surface area contributed by atoms with Gasteiger partial charge in [0.1, 0.15) is 17.8 Å². The molecule has 2 unspecified atom stereocenters. The summed E-state index contributed by atoms with van der Waals surface area (Å²) in [5, 5.41) is 20.2. The number of aliphatic carboxylic acids is 2. The van der Waals surface area contributed by atoms with Crippen molar-refractivity contribution in [3.8, 4) is 5.75 Å². The minimum absolute atomic E-state index is 0.00223. The Kier molecular flexibility index (Phi) is 9.68. The molecule has 1 aromatic rings. The average molecular weight is 540 g/mol. The Morgan fingerprint density at radius 2 is 1.62 bits per heavy atom. The van der Waals surface area contributed by atoms with Crippen molar-refractivity contribution in [3.63, 3.8) is 0 Å². The quantitative estimate of drug-likeness (QED) is 0.268. The molecule has 7 heteroatoms. The third-order valence-corrected chi connectivity index (χ3v) is 8.51. The van der Waals surface area contributed by atoms with Gasteiger partial charge in [0, 0.05) is 12.2 Å². The van der Waals surface area contributed by atoms with E-state index in [0.717, 1.165) is 6.42 Å². The average Bonchev–Trinajstić information content (AvgIpc) is 3.16. The van der Waals surface area contributed by atoms with Gasteiger partial charge < -0.3 is 19.8 Å². The van der Waals surface area contributed by atoms with Crippen molar-refractivity contribution < 1.29 is 29.3 Å². The number of ether oxygens (including phenoxy) is 1. The lowest BCUT2D eigenvalue weighted by Crippen LogP contribution is -2.45. The highest BCUT2D eigenvalue weighted by molar-refractivity contribution is 5.86. The number of aryl methyl sites for hydroxylation is 1. The second-order valence-corrected chi connectivity index (χ2v) is 12.4. The van der Waals surface area contributed by atoms with Gasteiger partial charge in [-0.25, -0.2) is 0 Å². The summed E-state index contributed by atoms with van der Waals surface area (Å²) in [5.41, 5.74) is -0.691. The molecule has 214 valence electrons. The zero-order chi connectivity index (χ0) is 28.8. The van der Waals surface area contributed by atoms with E-state index in [-0.39, 0.29) is 31.9 Å². The van der Waals surface area contributed by atoms with Crippen LogP contribution in [0.2, 0.25) is 0 Å². The molecule has 0 bridgehead atoms. The number of carbonyl (C=O) groups excluding carboxylic acids is 1. The van der Waals surface area contributed by atoms with Crippen LogP contribution in [0.1, 0.15) is 85.1 Å². The number of carboxylic acids is 2. The van der Waals surface area contributed by atoms with Crippen LogP contribution < -0.4 is 4.74 Å². The molecule has 1 heterocycles. The highest BCUT2D eigenvalue weighted by atomic mass is 16.5. The van der Waals surface area contributed by atoms with Gasteiger partial charge in [-0.2, -0.15) is 0 Å². The van der Waals surface area contributed by atoms with Crippen LogP contribution in [-0.4, -0.2) is 52.5 Å². The number of nitrogens with zero attached hydrogens (tertiary/aromatic N) is 1. The van der Waals surface area contributed by atoms with Crippen LogP contribution in [-0.2, 0) is 20.8 Å². The third-order valence-electron chi connectivity index (χ3n) is 8.51. The van der Waals surface area contributed by atoms with E-state index in [0.29, 0.717) is 17.0 Å². The number of unbranched alkanes of at least 4 members (excludes halogenated alkanes) is 5. The molecule has 39 heavy (non-hydrogen) atoms. The third kappa shape index (κ3) is 6.74. The van der Waals surface area contributed by atoms with Crippen LogP contribution in [0, 0.1) is 16.2 Å². The minimum Gasteiger partial charge on any atom is -0.486 e. The summed E-state index contributed by atoms with van der Waals surface area (Å²) in [6.07, 6.45) is 12.0. The Hall–Kier alpha value is -3.09. The summed E-state index contributed by atoms with van der Waals surface area (Å²) in [7, 11) is 0. The second-order valence-electron chi connectivity index (χ2n) is 12.4. The van der Waals surface area contributed by atoms with E-state index in [1.807, 2.05) is 45.0 Å². The van der Waals surface area contributed by atoms with E-state index in [2.05, 4.69) is 6.92 Å². The number of ketones is 1. The van der Waals surface area contributed by atoms with Crippen molar-refractivity contribution in [2.45, 2.75) is 86.0 Å². The number of hydrogen-bond acceptors (Lipinski definition) is 5. The molecule has 0 spiro atoms. The number of allylic oxidation sites excluding steroid dienone is 1. The number of benzene rings is 1. The molecule has 1 aliphatic carbocycles. The lowest BCUT2D eigenvalue weighted by Gasteiger charge is -2.42. The Morgan fingerprint density at radius 3 is 2.21 bits per heavy atom. The summed E-state index contributed by atoms with van der Waals surface area (Å²) in [6, 6.07) is 7.86. The Balaban J connectivity index is 1.60. The van der Waals surface area contributed by atoms with E-state index in [1.165, 1.54) is 44.1 Å². The van der Waals surface area contributed by atoms with Gasteiger partial charge in [-0.1, -0.05) is 78.0 Å². The molecule has 2 atom stereocenters. The molecular weight excluding hydrogens is 494 g/mol. The molecule has 1 aliphatic heterocycles. The van der Waals surface area contributed by atoms with Gasteiger partial charge in [-0.15, -0.1) is 0 Å². The standard InChI is InChI=1S/C32H45NO6/c1-6-7-8-9-10-11-12-23-13-15-25(16-14-23)39-21-24(34)20-33-22-31(5,28(35)36)26-19-32(29(37)38,30(2,3)4)18-17-27(26)33/h13-18H,6-12,19-22H2,1-5H3,(H,35,36)(H,37,38). The summed E-state index contributed by atoms with van der Waals surface area (Å²) in [6.45, 7) is 9.38. The van der Waals surface area contributed by atoms with Crippen LogP contribution in [0.5, 0.6) is 5.75 Å². The van der Waals surface area contributed by atoms with E-state index in [1.54, 1.807) is 24.0 Å². The van der Waals surface area contributed by atoms with Crippen LogP contribution in [0.4, 0.5) is 0 Å². The Morgan fingerprint density at radius 1 is 0.974 bits per heavy atom. The van der Waals surface area contributed by atoms with Crippen molar-refractivity contribution in [2.75, 3.05) is 19.7 Å². The zero-order valence-corrected chi connectivity index (χ0v) is 24.2. The number of carboxylic acid groups (broad SMARTS) is 2. The SMILES string of the molecule is CCCCCCCCc1ccc(OCC(=O)CN2CC(C)(C(=O)O)C3=C2C=CC(C(=O)O)(C(C)(C)C)C3)cc1. The number of carbonyl (C=O) groups is 3. The fourth-order valence-electron chi connectivity index (χ4n) is 5.69. The first-order valence-electron chi connectivity index (χ1n) is 14.2. The Labute approximate surface area is 232 Å². The molecule has 0 fully saturated rings. The minimum atomic E-state index is -1.28. The topological polar surface area (TPSA) is 104 Å². The maximum atomic E-state index is 12.9. The summed E-state index contributed by atoms with van der Waals surface area (Å²) in [4.78, 5) is 39.4. The van der Waals surface area contributed by atoms with Gasteiger partial charge in [0.15, 0.2) is 5.78 Å². The van der Waals surface area contributed by atoms with Gasteiger partial charge in [0.2, 0.25) is 0 Å². The molecule has 7 nitrogen and oxygen atoms in total. The van der Waals surface area contributed by atoms with Crippen LogP contribution in [0.3, 0.4) is 0 Å². The first-order valence-corrected chi connectivity index (χ1v) is 14.2. The summed E-state index contributed by atoms with van der Waals surface area (Å²) in [5.74, 6) is -1.55. The first-order chi connectivity index (χ1) is 18.3. The zero-order valence-electron chi connectivity index (χ0n) is 24.2. The van der Waals surface area contributed by atoms with Crippen LogP contribution >= 0.6 is 0 Å². The maximum absolute atomic E-state index is 12.9. The van der Waals surface area contributed by atoms with Gasteiger partial charge >= 0.3 is 11.9 Å². The molecule has 1 aromatic carbocycles. The first kappa shape index (κ1) is 30.5. The number of rotatable bonds is 14. The molecule has 0 saturated heterocycles. The number of hydrogen-bond donors (Lipinski definition) is 2. The summed E-state index contributed by atoms with van der Waals surface area (Å²) < 4.78 is 5.74. The largest absolute Gasteiger partial charge is 0.486 e. The summed E-state index contributed by atoms with van der Waals surface area (Å²) >= 11 is 0. The van der Waals surface area contributed by atoms with Crippen LogP contribution in [0.25, 0.3) is 0 Å². The molecule has 2 N–H and O–H groups in total. The van der Waals surface area contributed by atoms with Crippen molar-refractivity contribution in [1.82, 2.24) is 4.90 Å². The molecule has 2 aliphatic rings. The van der Waals surface area contributed by atoms with Gasteiger partial charge in [-0.3, -0.25) is 14.4 Å². The molecule has 0 amide bonds. The molecule has 0 radical (unpaired) electrons. The molecule has 0 aromatic heterocycles. The van der Waals surface area contributed by atoms with E-state index < -0.39 is 28.2 Å². The fourth-order valence-corrected chi connectivity index (χ4v) is 5.69. The van der Waals surface area contributed by atoms with Gasteiger partial charge in [0.25, 0.3) is 0 Å². The van der Waals surface area contributed by atoms with Crippen molar-refractivity contribution in [3.05, 3.63) is 53.3 Å². The lowest BCUT2D eigenvalue weighted by molar-refractivity contribution is -0.153.